The highest BCUT2D eigenvalue weighted by atomic mass is 16.5. The summed E-state index contributed by atoms with van der Waals surface area (Å²) in [5, 5.41) is 3.14. The van der Waals surface area contributed by atoms with Gasteiger partial charge in [-0.25, -0.2) is 9.97 Å². The van der Waals surface area contributed by atoms with Gasteiger partial charge in [0, 0.05) is 18.3 Å². The van der Waals surface area contributed by atoms with Crippen LogP contribution in [0.3, 0.4) is 0 Å². The summed E-state index contributed by atoms with van der Waals surface area (Å²) in [5.41, 5.74) is 3.36. The predicted octanol–water partition coefficient (Wildman–Crippen LogP) is 2.85. The number of para-hydroxylation sites is 1. The van der Waals surface area contributed by atoms with Crippen molar-refractivity contribution in [2.75, 3.05) is 19.0 Å². The van der Waals surface area contributed by atoms with Crippen LogP contribution in [0.2, 0.25) is 0 Å². The summed E-state index contributed by atoms with van der Waals surface area (Å²) in [6.07, 6.45) is 0.932. The molecule has 0 spiro atoms. The first-order valence-electron chi connectivity index (χ1n) is 6.92. The average Bonchev–Trinajstić information content (AvgIpc) is 2.49. The maximum absolute atomic E-state index is 5.83. The Kier molecular flexibility index (Phi) is 3.30. The molecule has 104 valence electrons. The standard InChI is InChI=1S/C16H19N3O/c1-10-11(2)18-16(19-15(10)17-3)13-8-12-6-4-5-7-14(12)20-9-13/h4-7,13H,8-9H2,1-3H3,(H,17,18,19). The molecule has 4 heteroatoms. The van der Waals surface area contributed by atoms with Crippen LogP contribution in [0.25, 0.3) is 0 Å². The van der Waals surface area contributed by atoms with E-state index < -0.39 is 0 Å². The van der Waals surface area contributed by atoms with Crippen molar-refractivity contribution in [3.8, 4) is 5.75 Å². The van der Waals surface area contributed by atoms with Gasteiger partial charge in [-0.05, 0) is 31.9 Å². The van der Waals surface area contributed by atoms with Crippen LogP contribution in [-0.2, 0) is 6.42 Å². The van der Waals surface area contributed by atoms with Crippen molar-refractivity contribution in [1.82, 2.24) is 9.97 Å². The molecule has 1 aromatic heterocycles. The normalized spacial score (nSPS) is 17.2. The van der Waals surface area contributed by atoms with E-state index in [1.54, 1.807) is 0 Å². The molecule has 0 saturated carbocycles. The maximum Gasteiger partial charge on any atom is 0.137 e. The Morgan fingerprint density at radius 1 is 1.20 bits per heavy atom. The highest BCUT2D eigenvalue weighted by Crippen LogP contribution is 2.31. The van der Waals surface area contributed by atoms with Crippen LogP contribution >= 0.6 is 0 Å². The number of rotatable bonds is 2. The number of fused-ring (bicyclic) bond motifs is 1. The number of nitrogens with one attached hydrogen (secondary N) is 1. The second kappa shape index (κ2) is 5.12. The zero-order chi connectivity index (χ0) is 14.1. The lowest BCUT2D eigenvalue weighted by Gasteiger charge is -2.25. The lowest BCUT2D eigenvalue weighted by Crippen LogP contribution is -2.22. The molecule has 0 fully saturated rings. The molecular weight excluding hydrogens is 250 g/mol. The van der Waals surface area contributed by atoms with Gasteiger partial charge in [-0.15, -0.1) is 0 Å². The summed E-state index contributed by atoms with van der Waals surface area (Å²) in [5.74, 6) is 2.98. The third-order valence-electron chi connectivity index (χ3n) is 3.89. The molecule has 2 heterocycles. The van der Waals surface area contributed by atoms with Gasteiger partial charge < -0.3 is 10.1 Å². The van der Waals surface area contributed by atoms with Gasteiger partial charge in [0.1, 0.15) is 17.4 Å². The van der Waals surface area contributed by atoms with Gasteiger partial charge in [0.15, 0.2) is 0 Å². The molecule has 0 amide bonds. The van der Waals surface area contributed by atoms with E-state index in [4.69, 9.17) is 4.74 Å². The highest BCUT2D eigenvalue weighted by Gasteiger charge is 2.24. The lowest BCUT2D eigenvalue weighted by molar-refractivity contribution is 0.257. The van der Waals surface area contributed by atoms with Crippen molar-refractivity contribution in [1.29, 1.82) is 0 Å². The van der Waals surface area contributed by atoms with Gasteiger partial charge in [0.25, 0.3) is 0 Å². The molecule has 1 aliphatic rings. The van der Waals surface area contributed by atoms with E-state index in [1.807, 2.05) is 39.1 Å². The van der Waals surface area contributed by atoms with E-state index in [9.17, 15) is 0 Å². The molecule has 3 rings (SSSR count). The number of aromatic nitrogens is 2. The number of nitrogens with zero attached hydrogens (tertiary/aromatic N) is 2. The van der Waals surface area contributed by atoms with Crippen molar-refractivity contribution < 1.29 is 4.74 Å². The Hall–Kier alpha value is -2.10. The van der Waals surface area contributed by atoms with Crippen molar-refractivity contribution >= 4 is 5.82 Å². The Morgan fingerprint density at radius 2 is 2.00 bits per heavy atom. The van der Waals surface area contributed by atoms with Crippen molar-refractivity contribution in [3.63, 3.8) is 0 Å². The van der Waals surface area contributed by atoms with Crippen molar-refractivity contribution in [2.45, 2.75) is 26.2 Å². The topological polar surface area (TPSA) is 47.0 Å². The molecule has 2 aromatic rings. The van der Waals surface area contributed by atoms with Crippen LogP contribution in [0.4, 0.5) is 5.82 Å². The SMILES string of the molecule is CNc1nc(C2COc3ccccc3C2)nc(C)c1C. The van der Waals surface area contributed by atoms with Gasteiger partial charge >= 0.3 is 0 Å². The molecule has 1 N–H and O–H groups in total. The predicted molar refractivity (Wildman–Crippen MR) is 79.4 cm³/mol. The number of benzene rings is 1. The molecule has 4 nitrogen and oxygen atoms in total. The summed E-state index contributed by atoms with van der Waals surface area (Å²) in [6.45, 7) is 4.71. The van der Waals surface area contributed by atoms with Gasteiger partial charge in [-0.1, -0.05) is 18.2 Å². The fourth-order valence-corrected chi connectivity index (χ4v) is 2.57. The second-order valence-electron chi connectivity index (χ2n) is 5.21. The molecule has 1 aromatic carbocycles. The fraction of sp³-hybridized carbons (Fsp3) is 0.375. The molecule has 1 atom stereocenters. The van der Waals surface area contributed by atoms with Gasteiger partial charge in [-0.2, -0.15) is 0 Å². The number of ether oxygens (including phenoxy) is 1. The first kappa shape index (κ1) is 12.9. The minimum Gasteiger partial charge on any atom is -0.493 e. The summed E-state index contributed by atoms with van der Waals surface area (Å²) >= 11 is 0. The molecule has 20 heavy (non-hydrogen) atoms. The molecule has 1 unspecified atom stereocenters. The smallest absolute Gasteiger partial charge is 0.137 e. The lowest BCUT2D eigenvalue weighted by atomic mass is 9.96. The van der Waals surface area contributed by atoms with Crippen LogP contribution in [0, 0.1) is 13.8 Å². The van der Waals surface area contributed by atoms with E-state index >= 15 is 0 Å². The molecule has 0 aliphatic carbocycles. The number of hydrogen-bond acceptors (Lipinski definition) is 4. The largest absolute Gasteiger partial charge is 0.493 e. The Morgan fingerprint density at radius 3 is 2.80 bits per heavy atom. The van der Waals surface area contributed by atoms with E-state index in [0.717, 1.165) is 35.1 Å². The minimum atomic E-state index is 0.219. The third kappa shape index (κ3) is 2.22. The molecule has 0 bridgehead atoms. The minimum absolute atomic E-state index is 0.219. The monoisotopic (exact) mass is 269 g/mol. The number of aryl methyl sites for hydroxylation is 1. The highest BCUT2D eigenvalue weighted by molar-refractivity contribution is 5.45. The Bertz CT molecular complexity index is 640. The second-order valence-corrected chi connectivity index (χ2v) is 5.21. The summed E-state index contributed by atoms with van der Waals surface area (Å²) in [7, 11) is 1.89. The number of anilines is 1. The molecule has 0 saturated heterocycles. The Labute approximate surface area is 119 Å². The van der Waals surface area contributed by atoms with Gasteiger partial charge in [0.05, 0.1) is 12.5 Å². The maximum atomic E-state index is 5.83. The van der Waals surface area contributed by atoms with Crippen LogP contribution in [0.1, 0.15) is 28.6 Å². The fourth-order valence-electron chi connectivity index (χ4n) is 2.57. The first-order valence-corrected chi connectivity index (χ1v) is 6.92. The molecular formula is C16H19N3O. The van der Waals surface area contributed by atoms with E-state index in [-0.39, 0.29) is 5.92 Å². The first-order chi connectivity index (χ1) is 9.69. The molecule has 0 radical (unpaired) electrons. The van der Waals surface area contributed by atoms with E-state index in [0.29, 0.717) is 6.61 Å². The van der Waals surface area contributed by atoms with Crippen LogP contribution in [0.15, 0.2) is 24.3 Å². The van der Waals surface area contributed by atoms with Crippen LogP contribution < -0.4 is 10.1 Å². The Balaban J connectivity index is 1.93. The average molecular weight is 269 g/mol. The summed E-state index contributed by atoms with van der Waals surface area (Å²) < 4.78 is 5.83. The number of hydrogen-bond donors (Lipinski definition) is 1. The van der Waals surface area contributed by atoms with Crippen LogP contribution in [-0.4, -0.2) is 23.6 Å². The van der Waals surface area contributed by atoms with E-state index in [1.165, 1.54) is 5.56 Å². The third-order valence-corrected chi connectivity index (χ3v) is 3.89. The van der Waals surface area contributed by atoms with Gasteiger partial charge in [0.2, 0.25) is 0 Å². The van der Waals surface area contributed by atoms with Crippen molar-refractivity contribution in [3.05, 3.63) is 46.9 Å². The van der Waals surface area contributed by atoms with E-state index in [2.05, 4.69) is 21.4 Å². The summed E-state index contributed by atoms with van der Waals surface area (Å²) in [4.78, 5) is 9.29. The zero-order valence-corrected chi connectivity index (χ0v) is 12.1. The molecule has 1 aliphatic heterocycles. The quantitative estimate of drug-likeness (QED) is 0.910. The van der Waals surface area contributed by atoms with Crippen molar-refractivity contribution in [2.24, 2.45) is 0 Å². The summed E-state index contributed by atoms with van der Waals surface area (Å²) in [6, 6.07) is 8.18. The van der Waals surface area contributed by atoms with Gasteiger partial charge in [-0.3, -0.25) is 0 Å². The van der Waals surface area contributed by atoms with Crippen LogP contribution in [0.5, 0.6) is 5.75 Å². The zero-order valence-electron chi connectivity index (χ0n) is 12.1.